The number of rotatable bonds is 7. The molecule has 0 aromatic heterocycles. The Bertz CT molecular complexity index is 468. The Labute approximate surface area is 116 Å². The molecule has 1 aromatic carbocycles. The highest BCUT2D eigenvalue weighted by Crippen LogP contribution is 2.11. The van der Waals surface area contributed by atoms with Crippen LogP contribution < -0.4 is 0 Å². The van der Waals surface area contributed by atoms with E-state index in [2.05, 4.69) is 4.74 Å². The van der Waals surface area contributed by atoms with Crippen molar-refractivity contribution in [3.8, 4) is 0 Å². The number of esters is 2. The van der Waals surface area contributed by atoms with Crippen LogP contribution in [0.25, 0.3) is 0 Å². The van der Waals surface area contributed by atoms with E-state index >= 15 is 0 Å². The van der Waals surface area contributed by atoms with E-state index in [1.165, 1.54) is 0 Å². The van der Waals surface area contributed by atoms with Gasteiger partial charge in [-0.1, -0.05) is 30.3 Å². The summed E-state index contributed by atoms with van der Waals surface area (Å²) in [5.41, 5.74) is 0.837. The van der Waals surface area contributed by atoms with Crippen LogP contribution in [0.5, 0.6) is 0 Å². The molecular formula is C14H16O6. The molecule has 0 bridgehead atoms. The minimum absolute atomic E-state index is 0.121. The molecule has 1 aromatic rings. The fourth-order valence-corrected chi connectivity index (χ4v) is 1.56. The number of carbonyl (C=O) groups is 3. The van der Waals surface area contributed by atoms with Crippen molar-refractivity contribution in [2.75, 3.05) is 7.11 Å². The topological polar surface area (TPSA) is 89.9 Å². The van der Waals surface area contributed by atoms with E-state index in [-0.39, 0.29) is 19.4 Å². The molecule has 6 nitrogen and oxygen atoms in total. The molecule has 0 heterocycles. The molecular weight excluding hydrogens is 264 g/mol. The second-order valence-corrected chi connectivity index (χ2v) is 4.10. The summed E-state index contributed by atoms with van der Waals surface area (Å²) in [5.74, 6) is -4.07. The smallest absolute Gasteiger partial charge is 0.320 e. The summed E-state index contributed by atoms with van der Waals surface area (Å²) in [4.78, 5) is 33.5. The van der Waals surface area contributed by atoms with Gasteiger partial charge in [-0.2, -0.15) is 0 Å². The van der Waals surface area contributed by atoms with Gasteiger partial charge in [0.05, 0.1) is 7.11 Å². The van der Waals surface area contributed by atoms with E-state index in [0.29, 0.717) is 0 Å². The Hall–Kier alpha value is -2.37. The first-order chi connectivity index (χ1) is 9.54. The monoisotopic (exact) mass is 280 g/mol. The van der Waals surface area contributed by atoms with Crippen LogP contribution in [0, 0.1) is 5.92 Å². The molecule has 0 aliphatic carbocycles. The van der Waals surface area contributed by atoms with E-state index in [4.69, 9.17) is 9.84 Å². The average molecular weight is 280 g/mol. The molecule has 1 atom stereocenters. The third kappa shape index (κ3) is 5.09. The predicted molar refractivity (Wildman–Crippen MR) is 68.6 cm³/mol. The summed E-state index contributed by atoms with van der Waals surface area (Å²) in [5, 5.41) is 8.84. The summed E-state index contributed by atoms with van der Waals surface area (Å²) < 4.78 is 9.35. The zero-order chi connectivity index (χ0) is 15.0. The summed E-state index contributed by atoms with van der Waals surface area (Å²) in [6, 6.07) is 9.10. The van der Waals surface area contributed by atoms with Gasteiger partial charge in [0.25, 0.3) is 0 Å². The average Bonchev–Trinajstić information content (AvgIpc) is 2.45. The maximum absolute atomic E-state index is 11.5. The fraction of sp³-hybridized carbons (Fsp3) is 0.357. The molecule has 6 heteroatoms. The highest BCUT2D eigenvalue weighted by Gasteiger charge is 2.27. The van der Waals surface area contributed by atoms with Gasteiger partial charge in [-0.05, 0) is 12.0 Å². The Balaban J connectivity index is 2.38. The number of aliphatic carboxylic acids is 1. The number of carboxylic acids is 1. The molecule has 108 valence electrons. The summed E-state index contributed by atoms with van der Waals surface area (Å²) in [7, 11) is 1.10. The molecule has 0 saturated heterocycles. The van der Waals surface area contributed by atoms with E-state index < -0.39 is 23.8 Å². The van der Waals surface area contributed by atoms with Crippen LogP contribution in [0.15, 0.2) is 30.3 Å². The van der Waals surface area contributed by atoms with Crippen molar-refractivity contribution in [1.29, 1.82) is 0 Å². The van der Waals surface area contributed by atoms with Gasteiger partial charge in [-0.3, -0.25) is 14.4 Å². The molecule has 0 spiro atoms. The highest BCUT2D eigenvalue weighted by molar-refractivity contribution is 5.94. The molecule has 0 fully saturated rings. The van der Waals surface area contributed by atoms with E-state index in [1.807, 2.05) is 30.3 Å². The van der Waals surface area contributed by atoms with E-state index in [9.17, 15) is 14.4 Å². The van der Waals surface area contributed by atoms with Gasteiger partial charge >= 0.3 is 17.9 Å². The lowest BCUT2D eigenvalue weighted by atomic mass is 10.0. The standard InChI is InChI=1S/C14H16O6/c1-19-14(18)11(13(16)17)7-8-12(15)20-9-10-5-3-2-4-6-10/h2-6,11H,7-9H2,1H3,(H,16,17). The quantitative estimate of drug-likeness (QED) is 0.599. The van der Waals surface area contributed by atoms with Gasteiger partial charge in [0, 0.05) is 6.42 Å². The normalized spacial score (nSPS) is 11.4. The van der Waals surface area contributed by atoms with Crippen LogP contribution >= 0.6 is 0 Å². The zero-order valence-corrected chi connectivity index (χ0v) is 11.1. The maximum Gasteiger partial charge on any atom is 0.320 e. The molecule has 1 unspecified atom stereocenters. The van der Waals surface area contributed by atoms with Gasteiger partial charge < -0.3 is 14.6 Å². The van der Waals surface area contributed by atoms with Crippen molar-refractivity contribution >= 4 is 17.9 Å². The lowest BCUT2D eigenvalue weighted by molar-refractivity contribution is -0.157. The van der Waals surface area contributed by atoms with Crippen LogP contribution in [-0.2, 0) is 30.5 Å². The number of carboxylic acid groups (broad SMARTS) is 1. The number of methoxy groups -OCH3 is 1. The summed E-state index contributed by atoms with van der Waals surface area (Å²) >= 11 is 0. The molecule has 1 N–H and O–H groups in total. The van der Waals surface area contributed by atoms with Crippen LogP contribution in [-0.4, -0.2) is 30.1 Å². The van der Waals surface area contributed by atoms with E-state index in [1.54, 1.807) is 0 Å². The van der Waals surface area contributed by atoms with Gasteiger partial charge in [-0.25, -0.2) is 0 Å². The Kier molecular flexibility index (Phi) is 6.22. The second kappa shape index (κ2) is 7.93. The van der Waals surface area contributed by atoms with Gasteiger partial charge in [-0.15, -0.1) is 0 Å². The third-order valence-corrected chi connectivity index (χ3v) is 2.66. The van der Waals surface area contributed by atoms with Crippen molar-refractivity contribution in [2.24, 2.45) is 5.92 Å². The minimum atomic E-state index is -1.34. The van der Waals surface area contributed by atoms with Crippen molar-refractivity contribution in [2.45, 2.75) is 19.4 Å². The lowest BCUT2D eigenvalue weighted by Gasteiger charge is -2.09. The first-order valence-electron chi connectivity index (χ1n) is 6.04. The van der Waals surface area contributed by atoms with Gasteiger partial charge in [0.1, 0.15) is 6.61 Å². The Morgan fingerprint density at radius 1 is 1.20 bits per heavy atom. The molecule has 0 aliphatic rings. The van der Waals surface area contributed by atoms with Crippen molar-refractivity contribution in [1.82, 2.24) is 0 Å². The van der Waals surface area contributed by atoms with E-state index in [0.717, 1.165) is 12.7 Å². The minimum Gasteiger partial charge on any atom is -0.481 e. The summed E-state index contributed by atoms with van der Waals surface area (Å²) in [6.45, 7) is 0.121. The van der Waals surface area contributed by atoms with Crippen LogP contribution in [0.4, 0.5) is 0 Å². The number of hydrogen-bond donors (Lipinski definition) is 1. The number of ether oxygens (including phenoxy) is 2. The van der Waals surface area contributed by atoms with Crippen molar-refractivity contribution in [3.05, 3.63) is 35.9 Å². The van der Waals surface area contributed by atoms with Crippen LogP contribution in [0.2, 0.25) is 0 Å². The Morgan fingerprint density at radius 3 is 2.40 bits per heavy atom. The third-order valence-electron chi connectivity index (χ3n) is 2.66. The van der Waals surface area contributed by atoms with Crippen LogP contribution in [0.3, 0.4) is 0 Å². The predicted octanol–water partition coefficient (Wildman–Crippen LogP) is 1.38. The first-order valence-corrected chi connectivity index (χ1v) is 6.04. The largest absolute Gasteiger partial charge is 0.481 e. The lowest BCUT2D eigenvalue weighted by Crippen LogP contribution is -2.26. The number of carbonyl (C=O) groups excluding carboxylic acids is 2. The summed E-state index contributed by atoms with van der Waals surface area (Å²) in [6.07, 6.45) is -0.297. The van der Waals surface area contributed by atoms with Crippen LogP contribution in [0.1, 0.15) is 18.4 Å². The van der Waals surface area contributed by atoms with Gasteiger partial charge in [0.15, 0.2) is 5.92 Å². The van der Waals surface area contributed by atoms with Gasteiger partial charge in [0.2, 0.25) is 0 Å². The maximum atomic E-state index is 11.5. The molecule has 0 aliphatic heterocycles. The molecule has 1 rings (SSSR count). The number of hydrogen-bond acceptors (Lipinski definition) is 5. The number of benzene rings is 1. The van der Waals surface area contributed by atoms with Crippen molar-refractivity contribution in [3.63, 3.8) is 0 Å². The fourth-order valence-electron chi connectivity index (χ4n) is 1.56. The van der Waals surface area contributed by atoms with Crippen molar-refractivity contribution < 1.29 is 29.0 Å². The molecule has 20 heavy (non-hydrogen) atoms. The second-order valence-electron chi connectivity index (χ2n) is 4.10. The SMILES string of the molecule is COC(=O)C(CCC(=O)OCc1ccccc1)C(=O)O. The first kappa shape index (κ1) is 15.7. The molecule has 0 radical (unpaired) electrons. The molecule has 0 saturated carbocycles. The zero-order valence-electron chi connectivity index (χ0n) is 11.1. The molecule has 0 amide bonds. The highest BCUT2D eigenvalue weighted by atomic mass is 16.5. The Morgan fingerprint density at radius 2 is 1.85 bits per heavy atom.